The highest BCUT2D eigenvalue weighted by Crippen LogP contribution is 2.41. The zero-order chi connectivity index (χ0) is 26.4. The molecule has 37 heavy (non-hydrogen) atoms. The third-order valence-electron chi connectivity index (χ3n) is 8.66. The fraction of sp³-hybridized carbons (Fsp3) is 0.594. The monoisotopic (exact) mass is 514 g/mol. The topological polar surface area (TPSA) is 26.3 Å². The minimum atomic E-state index is -1.07. The van der Waals surface area contributed by atoms with E-state index in [9.17, 15) is 18.0 Å². The summed E-state index contributed by atoms with van der Waals surface area (Å²) in [7, 11) is 0. The number of hydrogen-bond acceptors (Lipinski definition) is 2. The largest absolute Gasteiger partial charge is 0.423 e. The Morgan fingerprint density at radius 2 is 1.46 bits per heavy atom. The lowest BCUT2D eigenvalue weighted by molar-refractivity contribution is -0.140. The van der Waals surface area contributed by atoms with Crippen LogP contribution < -0.4 is 4.74 Å². The van der Waals surface area contributed by atoms with Gasteiger partial charge in [0.25, 0.3) is 0 Å². The molecule has 202 valence electrons. The van der Waals surface area contributed by atoms with Crippen molar-refractivity contribution in [2.24, 2.45) is 11.8 Å². The van der Waals surface area contributed by atoms with Crippen molar-refractivity contribution in [3.8, 4) is 5.75 Å². The van der Waals surface area contributed by atoms with E-state index in [1.807, 2.05) is 12.1 Å². The zero-order valence-corrected chi connectivity index (χ0v) is 22.3. The minimum Gasteiger partial charge on any atom is -0.423 e. The van der Waals surface area contributed by atoms with E-state index in [0.29, 0.717) is 42.7 Å². The van der Waals surface area contributed by atoms with Gasteiger partial charge in [-0.25, -0.2) is 8.78 Å². The van der Waals surface area contributed by atoms with Gasteiger partial charge in [0, 0.05) is 0 Å². The molecule has 2 aromatic rings. The lowest BCUT2D eigenvalue weighted by atomic mass is 9.77. The third-order valence-corrected chi connectivity index (χ3v) is 8.66. The lowest BCUT2D eigenvalue weighted by Gasteiger charge is -2.29. The molecule has 2 saturated carbocycles. The minimum absolute atomic E-state index is 0.0174. The molecule has 0 bridgehead atoms. The maximum absolute atomic E-state index is 15.0. The standard InChI is InChI=1S/C32H41F3O2/c1-3-5-7-22-10-17-26(28(33)20-22)23-13-15-25(16-14-23)32(36)37-29-19-18-27(30(34)31(29)35)24-11-8-21(6-4-2)9-12-24/h10,17-21,23-25H,3-9,11-16H2,1-2H3. The Balaban J connectivity index is 1.32. The molecule has 0 unspecified atom stereocenters. The molecule has 0 spiro atoms. The summed E-state index contributed by atoms with van der Waals surface area (Å²) < 4.78 is 49.9. The second-order valence-corrected chi connectivity index (χ2v) is 11.2. The highest BCUT2D eigenvalue weighted by atomic mass is 19.2. The van der Waals surface area contributed by atoms with Crippen molar-refractivity contribution >= 4 is 5.97 Å². The molecule has 0 aliphatic heterocycles. The summed E-state index contributed by atoms with van der Waals surface area (Å²) in [6, 6.07) is 8.54. The maximum Gasteiger partial charge on any atom is 0.314 e. The summed E-state index contributed by atoms with van der Waals surface area (Å²) >= 11 is 0. The SMILES string of the molecule is CCCCc1ccc(C2CCC(C(=O)Oc3ccc(C4CCC(CCC)CC4)c(F)c3F)CC2)c(F)c1. The van der Waals surface area contributed by atoms with Crippen LogP contribution in [0.15, 0.2) is 30.3 Å². The molecule has 0 atom stereocenters. The Kier molecular flexibility index (Phi) is 9.72. The van der Waals surface area contributed by atoms with Crippen molar-refractivity contribution in [3.63, 3.8) is 0 Å². The first-order chi connectivity index (χ1) is 17.9. The molecule has 2 aliphatic rings. The van der Waals surface area contributed by atoms with E-state index in [4.69, 9.17) is 4.74 Å². The summed E-state index contributed by atoms with van der Waals surface area (Å²) in [5.74, 6) is -2.61. The van der Waals surface area contributed by atoms with Gasteiger partial charge >= 0.3 is 5.97 Å². The molecule has 0 radical (unpaired) electrons. The van der Waals surface area contributed by atoms with Crippen molar-refractivity contribution in [1.82, 2.24) is 0 Å². The summed E-state index contributed by atoms with van der Waals surface area (Å²) in [4.78, 5) is 12.8. The smallest absolute Gasteiger partial charge is 0.314 e. The summed E-state index contributed by atoms with van der Waals surface area (Å²) in [5.41, 5.74) is 2.12. The van der Waals surface area contributed by atoms with E-state index in [0.717, 1.165) is 56.9 Å². The molecule has 2 nitrogen and oxygen atoms in total. The molecular formula is C32H41F3O2. The Labute approximate surface area is 220 Å². The molecule has 2 aliphatic carbocycles. The van der Waals surface area contributed by atoms with E-state index in [-0.39, 0.29) is 29.3 Å². The normalized spacial score (nSPS) is 24.1. The van der Waals surface area contributed by atoms with Crippen LogP contribution in [0, 0.1) is 29.3 Å². The Morgan fingerprint density at radius 3 is 2.11 bits per heavy atom. The average molecular weight is 515 g/mol. The first kappa shape index (κ1) is 27.7. The average Bonchev–Trinajstić information content (AvgIpc) is 2.91. The third kappa shape index (κ3) is 6.78. The van der Waals surface area contributed by atoms with Crippen molar-refractivity contribution < 1.29 is 22.7 Å². The highest BCUT2D eigenvalue weighted by molar-refractivity contribution is 5.75. The van der Waals surface area contributed by atoms with Crippen LogP contribution in [0.5, 0.6) is 5.75 Å². The van der Waals surface area contributed by atoms with Crippen LogP contribution in [-0.2, 0) is 11.2 Å². The Morgan fingerprint density at radius 1 is 0.811 bits per heavy atom. The number of ether oxygens (including phenoxy) is 1. The summed E-state index contributed by atoms with van der Waals surface area (Å²) in [6.45, 7) is 4.30. The number of aryl methyl sites for hydroxylation is 1. The molecule has 0 saturated heterocycles. The molecule has 0 heterocycles. The molecular weight excluding hydrogens is 473 g/mol. The van der Waals surface area contributed by atoms with E-state index in [1.54, 1.807) is 12.1 Å². The van der Waals surface area contributed by atoms with Gasteiger partial charge in [0.2, 0.25) is 5.82 Å². The maximum atomic E-state index is 15.0. The molecule has 2 aromatic carbocycles. The Hall–Kier alpha value is -2.30. The van der Waals surface area contributed by atoms with Gasteiger partial charge in [0.15, 0.2) is 11.6 Å². The number of carbonyl (C=O) groups is 1. The van der Waals surface area contributed by atoms with Gasteiger partial charge in [-0.3, -0.25) is 4.79 Å². The number of esters is 1. The molecule has 0 amide bonds. The van der Waals surface area contributed by atoms with Crippen LogP contribution in [0.1, 0.15) is 119 Å². The van der Waals surface area contributed by atoms with Crippen LogP contribution >= 0.6 is 0 Å². The van der Waals surface area contributed by atoms with Gasteiger partial charge in [0.05, 0.1) is 5.92 Å². The molecule has 4 rings (SSSR count). The number of hydrogen-bond donors (Lipinski definition) is 0. The lowest BCUT2D eigenvalue weighted by Crippen LogP contribution is -2.26. The predicted octanol–water partition coefficient (Wildman–Crippen LogP) is 9.40. The van der Waals surface area contributed by atoms with E-state index in [2.05, 4.69) is 13.8 Å². The highest BCUT2D eigenvalue weighted by Gasteiger charge is 2.31. The van der Waals surface area contributed by atoms with Crippen LogP contribution in [0.3, 0.4) is 0 Å². The number of carbonyl (C=O) groups excluding carboxylic acids is 1. The van der Waals surface area contributed by atoms with Gasteiger partial charge in [0.1, 0.15) is 5.82 Å². The van der Waals surface area contributed by atoms with Gasteiger partial charge in [-0.15, -0.1) is 0 Å². The van der Waals surface area contributed by atoms with E-state index in [1.165, 1.54) is 12.5 Å². The molecule has 0 aromatic heterocycles. The zero-order valence-electron chi connectivity index (χ0n) is 22.3. The number of unbranched alkanes of at least 4 members (excludes halogenated alkanes) is 1. The Bertz CT molecular complexity index is 1050. The van der Waals surface area contributed by atoms with Crippen molar-refractivity contribution in [3.05, 3.63) is 64.5 Å². The fourth-order valence-electron chi connectivity index (χ4n) is 6.38. The second-order valence-electron chi connectivity index (χ2n) is 11.2. The quantitative estimate of drug-likeness (QED) is 0.246. The van der Waals surface area contributed by atoms with Crippen molar-refractivity contribution in [2.75, 3.05) is 0 Å². The van der Waals surface area contributed by atoms with Gasteiger partial charge < -0.3 is 4.74 Å². The first-order valence-electron chi connectivity index (χ1n) is 14.4. The van der Waals surface area contributed by atoms with Gasteiger partial charge in [-0.1, -0.05) is 51.3 Å². The second kappa shape index (κ2) is 13.0. The molecule has 5 heteroatoms. The fourth-order valence-corrected chi connectivity index (χ4v) is 6.38. The first-order valence-corrected chi connectivity index (χ1v) is 14.4. The summed E-state index contributed by atoms with van der Waals surface area (Å²) in [6.07, 6.45) is 11.6. The number of halogens is 3. The number of rotatable bonds is 9. The van der Waals surface area contributed by atoms with Crippen LogP contribution in [0.25, 0.3) is 0 Å². The summed E-state index contributed by atoms with van der Waals surface area (Å²) in [5, 5.41) is 0. The van der Waals surface area contributed by atoms with Crippen LogP contribution in [0.4, 0.5) is 13.2 Å². The van der Waals surface area contributed by atoms with Gasteiger partial charge in [-0.2, -0.15) is 4.39 Å². The molecule has 0 N–H and O–H groups in total. The molecule has 2 fully saturated rings. The van der Waals surface area contributed by atoms with Crippen molar-refractivity contribution in [1.29, 1.82) is 0 Å². The van der Waals surface area contributed by atoms with Crippen molar-refractivity contribution in [2.45, 2.75) is 109 Å². The van der Waals surface area contributed by atoms with Crippen LogP contribution in [-0.4, -0.2) is 5.97 Å². The van der Waals surface area contributed by atoms with Gasteiger partial charge in [-0.05, 0) is 111 Å². The van der Waals surface area contributed by atoms with E-state index >= 15 is 0 Å². The van der Waals surface area contributed by atoms with E-state index < -0.39 is 17.6 Å². The predicted molar refractivity (Wildman–Crippen MR) is 141 cm³/mol. The number of benzene rings is 2. The van der Waals surface area contributed by atoms with Crippen LogP contribution in [0.2, 0.25) is 0 Å².